The second-order valence-corrected chi connectivity index (χ2v) is 5.63. The Hall–Kier alpha value is -1.13. The minimum Gasteiger partial charge on any atom is -0.373 e. The van der Waals surface area contributed by atoms with Crippen molar-refractivity contribution in [3.05, 3.63) is 38.9 Å². The zero-order valence-corrected chi connectivity index (χ0v) is 11.7. The van der Waals surface area contributed by atoms with Crippen LogP contribution in [0.1, 0.15) is 38.2 Å². The molecule has 0 unspecified atom stereocenters. The summed E-state index contributed by atoms with van der Waals surface area (Å²) in [5, 5.41) is 11.3. The Labute approximate surface area is 117 Å². The lowest BCUT2D eigenvalue weighted by molar-refractivity contribution is -0.385. The fourth-order valence-electron chi connectivity index (χ4n) is 2.39. The van der Waals surface area contributed by atoms with Gasteiger partial charge in [-0.2, -0.15) is 0 Å². The molecule has 1 saturated carbocycles. The number of ether oxygens (including phenoxy) is 1. The van der Waals surface area contributed by atoms with Crippen molar-refractivity contribution in [2.24, 2.45) is 5.92 Å². The molecule has 5 heteroatoms. The van der Waals surface area contributed by atoms with Crippen molar-refractivity contribution >= 4 is 17.3 Å². The van der Waals surface area contributed by atoms with Gasteiger partial charge in [0, 0.05) is 22.7 Å². The van der Waals surface area contributed by atoms with E-state index >= 15 is 0 Å². The summed E-state index contributed by atoms with van der Waals surface area (Å²) in [5.74, 6) is 0.779. The molecule has 0 radical (unpaired) electrons. The zero-order valence-electron chi connectivity index (χ0n) is 11.0. The summed E-state index contributed by atoms with van der Waals surface area (Å²) in [6, 6.07) is 4.46. The van der Waals surface area contributed by atoms with E-state index in [4.69, 9.17) is 16.3 Å². The summed E-state index contributed by atoms with van der Waals surface area (Å²) < 4.78 is 5.83. The summed E-state index contributed by atoms with van der Waals surface area (Å²) >= 11 is 6.04. The van der Waals surface area contributed by atoms with Crippen LogP contribution in [0.3, 0.4) is 0 Å². The van der Waals surface area contributed by atoms with Crippen molar-refractivity contribution in [3.63, 3.8) is 0 Å². The second-order valence-electron chi connectivity index (χ2n) is 5.23. The molecule has 2 rings (SSSR count). The lowest BCUT2D eigenvalue weighted by atomic mass is 9.89. The summed E-state index contributed by atoms with van der Waals surface area (Å²) in [7, 11) is 0. The third kappa shape index (κ3) is 3.91. The quantitative estimate of drug-likeness (QED) is 0.610. The molecule has 0 atom stereocenters. The van der Waals surface area contributed by atoms with Gasteiger partial charge in [0.25, 0.3) is 5.69 Å². The van der Waals surface area contributed by atoms with Gasteiger partial charge in [0.1, 0.15) is 0 Å². The molecule has 1 aromatic carbocycles. The summed E-state index contributed by atoms with van der Waals surface area (Å²) in [5.41, 5.74) is 0.745. The van der Waals surface area contributed by atoms with Crippen LogP contribution in [0.15, 0.2) is 18.2 Å². The molecule has 0 saturated heterocycles. The highest BCUT2D eigenvalue weighted by Crippen LogP contribution is 2.28. The van der Waals surface area contributed by atoms with Crippen LogP contribution in [-0.2, 0) is 11.3 Å². The van der Waals surface area contributed by atoms with Gasteiger partial charge >= 0.3 is 0 Å². The highest BCUT2D eigenvalue weighted by Gasteiger charge is 2.19. The van der Waals surface area contributed by atoms with E-state index in [2.05, 4.69) is 6.92 Å². The van der Waals surface area contributed by atoms with Crippen LogP contribution in [0.5, 0.6) is 0 Å². The van der Waals surface area contributed by atoms with Crippen molar-refractivity contribution in [1.82, 2.24) is 0 Å². The Morgan fingerprint density at radius 1 is 1.37 bits per heavy atom. The van der Waals surface area contributed by atoms with Crippen LogP contribution in [0.4, 0.5) is 5.69 Å². The maximum absolute atomic E-state index is 10.7. The van der Waals surface area contributed by atoms with Gasteiger partial charge in [0.2, 0.25) is 0 Å². The molecule has 0 amide bonds. The number of nitrogens with zero attached hydrogens (tertiary/aromatic N) is 1. The van der Waals surface area contributed by atoms with Crippen molar-refractivity contribution < 1.29 is 9.66 Å². The lowest BCUT2D eigenvalue weighted by Gasteiger charge is -2.26. The predicted molar refractivity (Wildman–Crippen MR) is 74.3 cm³/mol. The Bertz CT molecular complexity index is 456. The van der Waals surface area contributed by atoms with Gasteiger partial charge in [-0.05, 0) is 37.7 Å². The Morgan fingerprint density at radius 3 is 2.68 bits per heavy atom. The number of nitro benzene ring substituents is 1. The molecule has 0 aliphatic heterocycles. The summed E-state index contributed by atoms with van der Waals surface area (Å²) in [6.45, 7) is 2.60. The molecule has 1 fully saturated rings. The zero-order chi connectivity index (χ0) is 13.8. The first-order valence-electron chi connectivity index (χ1n) is 6.60. The molecule has 1 aliphatic carbocycles. The van der Waals surface area contributed by atoms with Crippen molar-refractivity contribution in [1.29, 1.82) is 0 Å². The van der Waals surface area contributed by atoms with E-state index in [0.717, 1.165) is 18.8 Å². The third-order valence-corrected chi connectivity index (χ3v) is 4.05. The monoisotopic (exact) mass is 283 g/mol. The minimum absolute atomic E-state index is 0.0558. The van der Waals surface area contributed by atoms with E-state index in [9.17, 15) is 10.1 Å². The van der Waals surface area contributed by atoms with Crippen LogP contribution >= 0.6 is 11.6 Å². The van der Waals surface area contributed by atoms with E-state index < -0.39 is 4.92 Å². The highest BCUT2D eigenvalue weighted by atomic mass is 35.5. The molecule has 104 valence electrons. The molecule has 0 N–H and O–H groups in total. The average Bonchev–Trinajstić information content (AvgIpc) is 2.39. The lowest BCUT2D eigenvalue weighted by Crippen LogP contribution is -2.20. The Balaban J connectivity index is 1.95. The van der Waals surface area contributed by atoms with Crippen molar-refractivity contribution in [2.75, 3.05) is 0 Å². The van der Waals surface area contributed by atoms with E-state index in [1.165, 1.54) is 25.0 Å². The molecule has 19 heavy (non-hydrogen) atoms. The molecule has 0 heterocycles. The molecule has 0 bridgehead atoms. The van der Waals surface area contributed by atoms with Crippen LogP contribution < -0.4 is 0 Å². The number of halogens is 1. The predicted octanol–water partition coefficient (Wildman–Crippen LogP) is 4.34. The highest BCUT2D eigenvalue weighted by molar-refractivity contribution is 6.31. The largest absolute Gasteiger partial charge is 0.373 e. The first-order chi connectivity index (χ1) is 9.06. The number of hydrogen-bond donors (Lipinski definition) is 0. The van der Waals surface area contributed by atoms with Gasteiger partial charge in [-0.1, -0.05) is 18.5 Å². The Kier molecular flexibility index (Phi) is 4.77. The van der Waals surface area contributed by atoms with Gasteiger partial charge in [0.15, 0.2) is 0 Å². The number of non-ortho nitro benzene ring substituents is 1. The Morgan fingerprint density at radius 2 is 2.05 bits per heavy atom. The SMILES string of the molecule is CC1CCC(OCc2cc([N+](=O)[O-])ccc2Cl)CC1. The number of nitro groups is 1. The average molecular weight is 284 g/mol. The first-order valence-corrected chi connectivity index (χ1v) is 6.98. The van der Waals surface area contributed by atoms with E-state index in [1.807, 2.05) is 0 Å². The smallest absolute Gasteiger partial charge is 0.269 e. The number of benzene rings is 1. The first kappa shape index (κ1) is 14.3. The van der Waals surface area contributed by atoms with Crippen LogP contribution in [0.2, 0.25) is 5.02 Å². The molecule has 4 nitrogen and oxygen atoms in total. The molecule has 1 aromatic rings. The molecular formula is C14H18ClNO3. The second kappa shape index (κ2) is 6.35. The van der Waals surface area contributed by atoms with E-state index in [-0.39, 0.29) is 11.8 Å². The fraction of sp³-hybridized carbons (Fsp3) is 0.571. The minimum atomic E-state index is -0.415. The van der Waals surface area contributed by atoms with E-state index in [1.54, 1.807) is 6.07 Å². The van der Waals surface area contributed by atoms with Crippen molar-refractivity contribution in [3.8, 4) is 0 Å². The van der Waals surface area contributed by atoms with Crippen LogP contribution in [-0.4, -0.2) is 11.0 Å². The fourth-order valence-corrected chi connectivity index (χ4v) is 2.56. The van der Waals surface area contributed by atoms with E-state index in [0.29, 0.717) is 17.2 Å². The number of rotatable bonds is 4. The summed E-state index contributed by atoms with van der Waals surface area (Å²) in [4.78, 5) is 10.3. The van der Waals surface area contributed by atoms with Crippen LogP contribution in [0, 0.1) is 16.0 Å². The molecular weight excluding hydrogens is 266 g/mol. The van der Waals surface area contributed by atoms with Gasteiger partial charge in [-0.15, -0.1) is 0 Å². The summed E-state index contributed by atoms with van der Waals surface area (Å²) in [6.07, 6.45) is 4.76. The van der Waals surface area contributed by atoms with Crippen molar-refractivity contribution in [2.45, 2.75) is 45.3 Å². The van der Waals surface area contributed by atoms with Crippen LogP contribution in [0.25, 0.3) is 0 Å². The molecule has 1 aliphatic rings. The van der Waals surface area contributed by atoms with Gasteiger partial charge in [-0.3, -0.25) is 10.1 Å². The van der Waals surface area contributed by atoms with Gasteiger partial charge in [-0.25, -0.2) is 0 Å². The normalized spacial score (nSPS) is 23.3. The third-order valence-electron chi connectivity index (χ3n) is 3.68. The standard InChI is InChI=1S/C14H18ClNO3/c1-10-2-5-13(6-3-10)19-9-11-8-12(16(17)18)4-7-14(11)15/h4,7-8,10,13H,2-3,5-6,9H2,1H3. The van der Waals surface area contributed by atoms with Gasteiger partial charge < -0.3 is 4.74 Å². The topological polar surface area (TPSA) is 52.4 Å². The number of hydrogen-bond acceptors (Lipinski definition) is 3. The molecule has 0 aromatic heterocycles. The molecule has 0 spiro atoms. The maximum Gasteiger partial charge on any atom is 0.269 e. The van der Waals surface area contributed by atoms with Gasteiger partial charge in [0.05, 0.1) is 17.6 Å². The maximum atomic E-state index is 10.7.